The van der Waals surface area contributed by atoms with Gasteiger partial charge in [0.05, 0.1) is 38.1 Å². The first-order valence-electron chi connectivity index (χ1n) is 24.2. The van der Waals surface area contributed by atoms with Gasteiger partial charge in [0.15, 0.2) is 25.2 Å². The minimum Gasteiger partial charge on any atom is -0.394 e. The molecule has 0 spiro atoms. The molecule has 0 radical (unpaired) electrons. The van der Waals surface area contributed by atoms with Gasteiger partial charge in [-0.2, -0.15) is 0 Å². The van der Waals surface area contributed by atoms with Gasteiger partial charge in [0.1, 0.15) is 91.6 Å². The van der Waals surface area contributed by atoms with Crippen LogP contribution >= 0.6 is 0 Å². The van der Waals surface area contributed by atoms with E-state index in [1.54, 1.807) is 6.92 Å². The van der Waals surface area contributed by atoms with Crippen molar-refractivity contribution in [2.75, 3.05) is 26.9 Å². The summed E-state index contributed by atoms with van der Waals surface area (Å²) in [5.74, 6) is 1.73. The van der Waals surface area contributed by atoms with Gasteiger partial charge >= 0.3 is 0 Å². The van der Waals surface area contributed by atoms with Crippen LogP contribution in [0.15, 0.2) is 11.6 Å². The lowest BCUT2D eigenvalue weighted by Crippen LogP contribution is -2.65. The lowest BCUT2D eigenvalue weighted by atomic mass is 9.47. The molecule has 4 aliphatic carbocycles. The average Bonchev–Trinajstić information content (AvgIpc) is 3.67. The second-order valence-electron chi connectivity index (χ2n) is 21.1. The molecule has 7 fully saturated rings. The number of fused-ring (bicyclic) bond motifs is 5. The van der Waals surface area contributed by atoms with E-state index in [9.17, 15) is 61.3 Å². The summed E-state index contributed by atoms with van der Waals surface area (Å²) in [6.45, 7) is 6.53. The van der Waals surface area contributed by atoms with Crippen molar-refractivity contribution in [1.29, 1.82) is 0 Å². The second kappa shape index (κ2) is 20.8. The first-order chi connectivity index (χ1) is 31.7. The van der Waals surface area contributed by atoms with Crippen molar-refractivity contribution in [1.82, 2.24) is 0 Å². The third-order valence-corrected chi connectivity index (χ3v) is 17.4. The number of methoxy groups -OCH3 is 1. The number of hydrogen-bond donors (Lipinski definition) is 12. The zero-order valence-corrected chi connectivity index (χ0v) is 38.9. The molecule has 21 heteroatoms. The summed E-state index contributed by atoms with van der Waals surface area (Å²) in [4.78, 5) is 0. The minimum atomic E-state index is -1.87. The number of ether oxygens (including phenoxy) is 9. The van der Waals surface area contributed by atoms with Gasteiger partial charge in [-0.25, -0.2) is 0 Å². The van der Waals surface area contributed by atoms with Crippen LogP contribution in [0.2, 0.25) is 0 Å². The fraction of sp³-hybridized carbons (Fsp3) is 0.957. The summed E-state index contributed by atoms with van der Waals surface area (Å²) in [7, 11) is 1.39. The smallest absolute Gasteiger partial charge is 0.187 e. The second-order valence-corrected chi connectivity index (χ2v) is 21.1. The van der Waals surface area contributed by atoms with Crippen molar-refractivity contribution in [2.24, 2.45) is 34.5 Å². The predicted octanol–water partition coefficient (Wildman–Crippen LogP) is -2.71. The maximum Gasteiger partial charge on any atom is 0.187 e. The third kappa shape index (κ3) is 9.68. The SMILES string of the molecule is CO[C@H]1[C@@H](O)[C@@H](C)O[C@@H](OC(C)[C@H]2CC[C@H]3[C@@H]4CC=C5C[C@@H](O)CC[C@]5(C)[C@H]4CC[C@]23C)[C@@H]1O[C@@H]1O[C@H](CO[C@@H]2O[C@H](CO[C@@H]3O[C@H](CO)[C@@H](O)[C@H](O)[C@H]3O)[C@@H](O)[C@H](O)[C@H]2O)[C@@H](O)[C@H](O)[C@H]1O. The predicted molar refractivity (Wildman–Crippen MR) is 227 cm³/mol. The highest BCUT2D eigenvalue weighted by Crippen LogP contribution is 2.67. The molecule has 1 unspecified atom stereocenters. The van der Waals surface area contributed by atoms with Gasteiger partial charge in [0.2, 0.25) is 0 Å². The Hall–Kier alpha value is -1.10. The van der Waals surface area contributed by atoms with Crippen LogP contribution in [0.1, 0.15) is 79.1 Å². The Morgan fingerprint density at radius 2 is 1.19 bits per heavy atom. The lowest BCUT2D eigenvalue weighted by Gasteiger charge is -2.58. The first-order valence-corrected chi connectivity index (χ1v) is 24.2. The van der Waals surface area contributed by atoms with Crippen molar-refractivity contribution in [3.63, 3.8) is 0 Å². The Kier molecular flexibility index (Phi) is 16.2. The fourth-order valence-corrected chi connectivity index (χ4v) is 13.4. The van der Waals surface area contributed by atoms with E-state index >= 15 is 0 Å². The Balaban J connectivity index is 0.920. The monoisotopic (exact) mass is 964 g/mol. The molecular weight excluding hydrogens is 888 g/mol. The normalized spacial score (nSPS) is 54.1. The maximum atomic E-state index is 11.3. The molecule has 12 N–H and O–H groups in total. The summed E-state index contributed by atoms with van der Waals surface area (Å²) in [5, 5.41) is 127. The molecule has 67 heavy (non-hydrogen) atoms. The molecule has 0 aromatic rings. The Labute approximate surface area is 390 Å². The zero-order chi connectivity index (χ0) is 48.4. The molecule has 4 heterocycles. The molecule has 28 atom stereocenters. The Morgan fingerprint density at radius 1 is 0.627 bits per heavy atom. The quantitative estimate of drug-likeness (QED) is 0.0835. The molecule has 0 aromatic carbocycles. The van der Waals surface area contributed by atoms with Crippen LogP contribution in [-0.2, 0) is 42.6 Å². The van der Waals surface area contributed by atoms with Crippen LogP contribution in [0.25, 0.3) is 0 Å². The van der Waals surface area contributed by atoms with Gasteiger partial charge in [-0.05, 0) is 99.7 Å². The summed E-state index contributed by atoms with van der Waals surface area (Å²) < 4.78 is 53.4. The van der Waals surface area contributed by atoms with Crippen LogP contribution in [0, 0.1) is 34.5 Å². The number of hydrogen-bond acceptors (Lipinski definition) is 21. The molecule has 4 aliphatic heterocycles. The highest BCUT2D eigenvalue weighted by molar-refractivity contribution is 5.25. The molecule has 4 saturated heterocycles. The molecule has 8 rings (SSSR count). The standard InChI is InChI=1S/C46H76O21/c1-18(23-8-9-24-22-7-6-20-14-21(48)10-12-45(20,3)25(22)11-13-46(23,24)4)62-44-40(39(59-5)29(49)19(2)63-44)67-43-38(58)35(55)32(52)28(66-43)17-61-42-37(57)34(54)31(51)27(65-42)16-60-41-36(56)33(53)30(50)26(15-47)64-41/h6,18-19,21-44,47-58H,7-17H2,1-5H3/t18?,19-,21+,22+,23-,24+,25+,26-,27-,28-,29+,30-,31-,32-,33+,34+,35+,36-,37-,38-,39+,40-,41-,42-,43+,44-,45+,46-/m1/s1. The van der Waals surface area contributed by atoms with Crippen molar-refractivity contribution in [2.45, 2.75) is 214 Å². The van der Waals surface area contributed by atoms with Crippen LogP contribution in [0.4, 0.5) is 0 Å². The highest BCUT2D eigenvalue weighted by Gasteiger charge is 2.61. The van der Waals surface area contributed by atoms with E-state index in [0.717, 1.165) is 51.4 Å². The first kappa shape index (κ1) is 52.2. The summed E-state index contributed by atoms with van der Waals surface area (Å²) in [6.07, 6.45) is -21.1. The number of aliphatic hydroxyl groups excluding tert-OH is 12. The van der Waals surface area contributed by atoms with Gasteiger partial charge in [-0.3, -0.25) is 0 Å². The van der Waals surface area contributed by atoms with Crippen LogP contribution in [0.3, 0.4) is 0 Å². The van der Waals surface area contributed by atoms with Gasteiger partial charge < -0.3 is 104 Å². The molecule has 0 bridgehead atoms. The molecule has 0 aromatic heterocycles. The van der Waals surface area contributed by atoms with E-state index in [-0.39, 0.29) is 29.0 Å². The largest absolute Gasteiger partial charge is 0.394 e. The Bertz CT molecular complexity index is 1680. The van der Waals surface area contributed by atoms with Gasteiger partial charge in [-0.15, -0.1) is 0 Å². The van der Waals surface area contributed by atoms with Gasteiger partial charge in [-0.1, -0.05) is 25.5 Å². The van der Waals surface area contributed by atoms with Crippen LogP contribution in [0.5, 0.6) is 0 Å². The van der Waals surface area contributed by atoms with Crippen LogP contribution in [-0.4, -0.2) is 223 Å². The van der Waals surface area contributed by atoms with E-state index in [2.05, 4.69) is 19.9 Å². The zero-order valence-electron chi connectivity index (χ0n) is 38.9. The van der Waals surface area contributed by atoms with Crippen molar-refractivity contribution in [3.8, 4) is 0 Å². The fourth-order valence-electron chi connectivity index (χ4n) is 13.4. The summed E-state index contributed by atoms with van der Waals surface area (Å²) >= 11 is 0. The molecular formula is C46H76O21. The molecule has 21 nitrogen and oxygen atoms in total. The molecule has 8 aliphatic rings. The van der Waals surface area contributed by atoms with E-state index in [1.807, 2.05) is 6.92 Å². The minimum absolute atomic E-state index is 0.0233. The van der Waals surface area contributed by atoms with Crippen molar-refractivity contribution >= 4 is 0 Å². The number of rotatable bonds is 13. The van der Waals surface area contributed by atoms with Crippen LogP contribution < -0.4 is 0 Å². The van der Waals surface area contributed by atoms with E-state index in [4.69, 9.17) is 42.6 Å². The topological polar surface area (TPSA) is 326 Å². The van der Waals surface area contributed by atoms with Gasteiger partial charge in [0.25, 0.3) is 0 Å². The Morgan fingerprint density at radius 3 is 1.79 bits per heavy atom. The molecule has 3 saturated carbocycles. The highest BCUT2D eigenvalue weighted by atomic mass is 16.8. The molecule has 386 valence electrons. The van der Waals surface area contributed by atoms with E-state index < -0.39 is 143 Å². The van der Waals surface area contributed by atoms with Crippen molar-refractivity contribution < 1.29 is 104 Å². The number of aliphatic hydroxyl groups is 12. The third-order valence-electron chi connectivity index (χ3n) is 17.4. The summed E-state index contributed by atoms with van der Waals surface area (Å²) in [5.41, 5.74) is 1.51. The lowest BCUT2D eigenvalue weighted by molar-refractivity contribution is -0.377. The number of allylic oxidation sites excluding steroid dienone is 1. The van der Waals surface area contributed by atoms with Crippen molar-refractivity contribution in [3.05, 3.63) is 11.6 Å². The molecule has 0 amide bonds. The van der Waals surface area contributed by atoms with Gasteiger partial charge in [0, 0.05) is 7.11 Å². The average molecular weight is 965 g/mol. The van der Waals surface area contributed by atoms with E-state index in [0.29, 0.717) is 17.8 Å². The van der Waals surface area contributed by atoms with E-state index in [1.165, 1.54) is 12.7 Å². The maximum absolute atomic E-state index is 11.3. The summed E-state index contributed by atoms with van der Waals surface area (Å²) in [6, 6.07) is 0.